The van der Waals surface area contributed by atoms with Crippen molar-refractivity contribution < 1.29 is 14.0 Å². The van der Waals surface area contributed by atoms with Crippen molar-refractivity contribution >= 4 is 11.0 Å². The molecule has 4 heteroatoms. The van der Waals surface area contributed by atoms with E-state index in [4.69, 9.17) is 14.0 Å². The Morgan fingerprint density at radius 1 is 1.05 bits per heavy atom. The van der Waals surface area contributed by atoms with E-state index in [9.17, 15) is 0 Å². The second-order valence-electron chi connectivity index (χ2n) is 4.48. The highest BCUT2D eigenvalue weighted by Crippen LogP contribution is 2.27. The molecule has 3 rings (SSSR count). The van der Waals surface area contributed by atoms with Gasteiger partial charge in [0.25, 0.3) is 0 Å². The van der Waals surface area contributed by atoms with Crippen LogP contribution < -0.4 is 9.47 Å². The van der Waals surface area contributed by atoms with Crippen molar-refractivity contribution in [2.75, 3.05) is 14.2 Å². The van der Waals surface area contributed by atoms with Crippen molar-refractivity contribution in [3.05, 3.63) is 53.7 Å². The third-order valence-electron chi connectivity index (χ3n) is 3.30. The molecule has 0 N–H and O–H groups in total. The predicted octanol–water partition coefficient (Wildman–Crippen LogP) is 3.44. The van der Waals surface area contributed by atoms with Crippen LogP contribution in [0.25, 0.3) is 11.0 Å². The number of ether oxygens (including phenoxy) is 2. The van der Waals surface area contributed by atoms with Gasteiger partial charge in [0, 0.05) is 23.4 Å². The van der Waals surface area contributed by atoms with E-state index in [1.807, 2.05) is 42.5 Å². The van der Waals surface area contributed by atoms with E-state index < -0.39 is 0 Å². The second kappa shape index (κ2) is 5.25. The van der Waals surface area contributed by atoms with Crippen molar-refractivity contribution in [3.63, 3.8) is 0 Å². The van der Waals surface area contributed by atoms with Crippen LogP contribution in [0.4, 0.5) is 0 Å². The Kier molecular flexibility index (Phi) is 3.29. The molecule has 0 radical (unpaired) electrons. The molecule has 1 heterocycles. The van der Waals surface area contributed by atoms with Gasteiger partial charge in [0.1, 0.15) is 11.5 Å². The molecule has 3 aromatic rings. The molecule has 1 aromatic heterocycles. The van der Waals surface area contributed by atoms with E-state index >= 15 is 0 Å². The van der Waals surface area contributed by atoms with E-state index in [1.165, 1.54) is 0 Å². The van der Waals surface area contributed by atoms with Crippen LogP contribution in [0.15, 0.2) is 47.0 Å². The summed E-state index contributed by atoms with van der Waals surface area (Å²) in [6, 6.07) is 13.6. The summed E-state index contributed by atoms with van der Waals surface area (Å²) >= 11 is 0. The van der Waals surface area contributed by atoms with Crippen LogP contribution in [0.3, 0.4) is 0 Å². The highest BCUT2D eigenvalue weighted by Gasteiger charge is 2.12. The molecule has 0 saturated heterocycles. The summed E-state index contributed by atoms with van der Waals surface area (Å²) in [7, 11) is 3.30. The molecule has 2 aromatic carbocycles. The summed E-state index contributed by atoms with van der Waals surface area (Å²) in [5.74, 6) is 1.62. The van der Waals surface area contributed by atoms with Gasteiger partial charge >= 0.3 is 0 Å². The van der Waals surface area contributed by atoms with Crippen molar-refractivity contribution in [3.8, 4) is 11.5 Å². The van der Waals surface area contributed by atoms with Crippen molar-refractivity contribution in [2.24, 2.45) is 0 Å². The minimum atomic E-state index is 0.670. The molecular formula is C16H15NO3. The zero-order valence-electron chi connectivity index (χ0n) is 11.4. The second-order valence-corrected chi connectivity index (χ2v) is 4.48. The first-order chi connectivity index (χ1) is 9.81. The monoisotopic (exact) mass is 269 g/mol. The lowest BCUT2D eigenvalue weighted by Gasteiger charge is -2.06. The van der Waals surface area contributed by atoms with Gasteiger partial charge < -0.3 is 14.0 Å². The van der Waals surface area contributed by atoms with Gasteiger partial charge in [-0.3, -0.25) is 0 Å². The number of benzene rings is 2. The highest BCUT2D eigenvalue weighted by molar-refractivity contribution is 5.81. The number of fused-ring (bicyclic) bond motifs is 1. The van der Waals surface area contributed by atoms with Gasteiger partial charge in [-0.1, -0.05) is 23.4 Å². The molecule has 4 nitrogen and oxygen atoms in total. The van der Waals surface area contributed by atoms with Gasteiger partial charge in [-0.05, 0) is 18.2 Å². The molecule has 0 amide bonds. The molecule has 102 valence electrons. The maximum Gasteiger partial charge on any atom is 0.170 e. The fourth-order valence-electron chi connectivity index (χ4n) is 2.25. The van der Waals surface area contributed by atoms with Crippen molar-refractivity contribution in [2.45, 2.75) is 6.42 Å². The Bertz CT molecular complexity index is 733. The summed E-state index contributed by atoms with van der Waals surface area (Å²) in [4.78, 5) is 0. The largest absolute Gasteiger partial charge is 0.497 e. The molecular weight excluding hydrogens is 254 g/mol. The average Bonchev–Trinajstić information content (AvgIpc) is 2.90. The summed E-state index contributed by atoms with van der Waals surface area (Å²) < 4.78 is 15.9. The van der Waals surface area contributed by atoms with Crippen LogP contribution >= 0.6 is 0 Å². The zero-order chi connectivity index (χ0) is 13.9. The van der Waals surface area contributed by atoms with Gasteiger partial charge in [-0.25, -0.2) is 0 Å². The number of nitrogens with zero attached hydrogens (tertiary/aromatic N) is 1. The summed E-state index contributed by atoms with van der Waals surface area (Å²) in [5.41, 5.74) is 2.71. The van der Waals surface area contributed by atoms with E-state index in [1.54, 1.807) is 14.2 Å². The van der Waals surface area contributed by atoms with Crippen LogP contribution in [-0.4, -0.2) is 19.4 Å². The highest BCUT2D eigenvalue weighted by atomic mass is 16.5. The first-order valence-corrected chi connectivity index (χ1v) is 6.36. The lowest BCUT2D eigenvalue weighted by molar-refractivity contribution is 0.408. The minimum absolute atomic E-state index is 0.670. The number of rotatable bonds is 4. The third-order valence-corrected chi connectivity index (χ3v) is 3.30. The van der Waals surface area contributed by atoms with Gasteiger partial charge in [0.2, 0.25) is 0 Å². The Morgan fingerprint density at radius 3 is 2.70 bits per heavy atom. The van der Waals surface area contributed by atoms with Crippen LogP contribution in [0.2, 0.25) is 0 Å². The number of methoxy groups -OCH3 is 2. The Balaban J connectivity index is 1.99. The molecule has 20 heavy (non-hydrogen) atoms. The summed E-state index contributed by atoms with van der Waals surface area (Å²) in [6.45, 7) is 0. The number of hydrogen-bond donors (Lipinski definition) is 0. The topological polar surface area (TPSA) is 44.5 Å². The van der Waals surface area contributed by atoms with E-state index in [0.717, 1.165) is 33.7 Å². The van der Waals surface area contributed by atoms with Gasteiger partial charge in [-0.2, -0.15) is 0 Å². The zero-order valence-corrected chi connectivity index (χ0v) is 11.4. The molecule has 0 aliphatic rings. The van der Waals surface area contributed by atoms with Crippen LogP contribution in [0.5, 0.6) is 11.5 Å². The fourth-order valence-corrected chi connectivity index (χ4v) is 2.25. The molecule has 0 atom stereocenters. The maximum absolute atomic E-state index is 5.37. The molecule has 0 spiro atoms. The van der Waals surface area contributed by atoms with Gasteiger partial charge in [-0.15, -0.1) is 0 Å². The summed E-state index contributed by atoms with van der Waals surface area (Å²) in [5, 5.41) is 5.15. The summed E-state index contributed by atoms with van der Waals surface area (Å²) in [6.07, 6.45) is 0.670. The van der Waals surface area contributed by atoms with E-state index in [-0.39, 0.29) is 0 Å². The molecule has 0 aliphatic carbocycles. The molecule has 0 unspecified atom stereocenters. The number of para-hydroxylation sites is 1. The number of aromatic nitrogens is 1. The first-order valence-electron chi connectivity index (χ1n) is 6.36. The Morgan fingerprint density at radius 2 is 1.90 bits per heavy atom. The number of hydrogen-bond acceptors (Lipinski definition) is 4. The lowest BCUT2D eigenvalue weighted by atomic mass is 10.1. The standard InChI is InChI=1S/C16H15NO3/c1-18-12-7-8-13-14(17-20-16(13)10-12)9-11-5-3-4-6-15(11)19-2/h3-8,10H,9H2,1-2H3. The minimum Gasteiger partial charge on any atom is -0.497 e. The Hall–Kier alpha value is -2.49. The maximum atomic E-state index is 5.37. The SMILES string of the molecule is COc1ccc2c(Cc3ccccc3OC)noc2c1. The van der Waals surface area contributed by atoms with Crippen LogP contribution in [0.1, 0.15) is 11.3 Å². The van der Waals surface area contributed by atoms with E-state index in [2.05, 4.69) is 5.16 Å². The van der Waals surface area contributed by atoms with Crippen molar-refractivity contribution in [1.29, 1.82) is 0 Å². The average molecular weight is 269 g/mol. The molecule has 0 bridgehead atoms. The van der Waals surface area contributed by atoms with Gasteiger partial charge in [0.05, 0.1) is 19.9 Å². The predicted molar refractivity (Wildman–Crippen MR) is 76.4 cm³/mol. The lowest BCUT2D eigenvalue weighted by Crippen LogP contribution is -1.94. The van der Waals surface area contributed by atoms with Crippen molar-refractivity contribution in [1.82, 2.24) is 5.16 Å². The van der Waals surface area contributed by atoms with Crippen LogP contribution in [-0.2, 0) is 6.42 Å². The Labute approximate surface area is 116 Å². The first kappa shape index (κ1) is 12.5. The quantitative estimate of drug-likeness (QED) is 0.727. The normalized spacial score (nSPS) is 10.7. The fraction of sp³-hybridized carbons (Fsp3) is 0.188. The van der Waals surface area contributed by atoms with E-state index in [0.29, 0.717) is 6.42 Å². The van der Waals surface area contributed by atoms with Gasteiger partial charge in [0.15, 0.2) is 5.58 Å². The smallest absolute Gasteiger partial charge is 0.170 e. The van der Waals surface area contributed by atoms with Crippen LogP contribution in [0, 0.1) is 0 Å². The molecule has 0 saturated carbocycles. The molecule has 0 aliphatic heterocycles. The third kappa shape index (κ3) is 2.20. The molecule has 0 fully saturated rings.